The highest BCUT2D eigenvalue weighted by molar-refractivity contribution is 6.42. The molecule has 5 rings (SSSR count). The fourth-order valence-corrected chi connectivity index (χ4v) is 4.52. The minimum atomic E-state index is -4.63. The van der Waals surface area contributed by atoms with Crippen molar-refractivity contribution in [2.24, 2.45) is 0 Å². The monoisotopic (exact) mass is 523 g/mol. The van der Waals surface area contributed by atoms with Crippen molar-refractivity contribution in [1.29, 1.82) is 0 Å². The van der Waals surface area contributed by atoms with E-state index < -0.39 is 29.1 Å². The van der Waals surface area contributed by atoms with Gasteiger partial charge < -0.3 is 4.42 Å². The van der Waals surface area contributed by atoms with Gasteiger partial charge in [0.1, 0.15) is 5.58 Å². The third-order valence-corrected chi connectivity index (χ3v) is 6.52. The van der Waals surface area contributed by atoms with Crippen LogP contribution in [0.2, 0.25) is 15.1 Å². The lowest BCUT2D eigenvalue weighted by molar-refractivity contribution is -0.137. The smallest absolute Gasteiger partial charge is 0.416 e. The van der Waals surface area contributed by atoms with E-state index in [0.29, 0.717) is 5.56 Å². The highest BCUT2D eigenvalue weighted by atomic mass is 35.5. The fourth-order valence-electron chi connectivity index (χ4n) is 4.04. The number of anilines is 1. The Morgan fingerprint density at radius 1 is 0.882 bits per heavy atom. The first-order chi connectivity index (χ1) is 16.1. The van der Waals surface area contributed by atoms with Crippen LogP contribution in [0.25, 0.3) is 11.0 Å². The molecular weight excluding hydrogens is 514 g/mol. The SMILES string of the molecule is O=C1c2oc3ccc(Cl)cc3c(=O)c2C(c2ccc(Cl)c(Cl)c2)N1c1cccc(C(F)(F)F)c1. The molecule has 1 amide bonds. The summed E-state index contributed by atoms with van der Waals surface area (Å²) in [5.74, 6) is -1.03. The van der Waals surface area contributed by atoms with Crippen molar-refractivity contribution in [2.75, 3.05) is 4.90 Å². The molecule has 0 spiro atoms. The number of nitrogens with zero attached hydrogens (tertiary/aromatic N) is 1. The van der Waals surface area contributed by atoms with Crippen molar-refractivity contribution in [3.8, 4) is 0 Å². The summed E-state index contributed by atoms with van der Waals surface area (Å²) < 4.78 is 46.0. The van der Waals surface area contributed by atoms with E-state index in [0.717, 1.165) is 17.0 Å². The second-order valence-electron chi connectivity index (χ2n) is 7.61. The summed E-state index contributed by atoms with van der Waals surface area (Å²) in [4.78, 5) is 28.1. The third kappa shape index (κ3) is 3.64. The molecule has 1 unspecified atom stereocenters. The normalized spacial score (nSPS) is 15.8. The standard InChI is InChI=1S/C24H11Cl3F3NO3/c25-13-5-7-18-15(10-13)21(32)19-20(11-4-6-16(26)17(27)8-11)31(23(33)22(19)34-18)14-3-1-2-12(9-14)24(28,29)30/h1-10,20H. The maximum atomic E-state index is 13.5. The molecule has 1 aromatic heterocycles. The lowest BCUT2D eigenvalue weighted by atomic mass is 9.98. The predicted molar refractivity (Wildman–Crippen MR) is 124 cm³/mol. The second kappa shape index (κ2) is 8.05. The van der Waals surface area contributed by atoms with Crippen LogP contribution in [0.3, 0.4) is 0 Å². The summed E-state index contributed by atoms with van der Waals surface area (Å²) in [6.07, 6.45) is -4.63. The van der Waals surface area contributed by atoms with Crippen LogP contribution in [0.1, 0.15) is 33.3 Å². The maximum absolute atomic E-state index is 13.5. The summed E-state index contributed by atoms with van der Waals surface area (Å²) in [6, 6.07) is 12.0. The summed E-state index contributed by atoms with van der Waals surface area (Å²) in [5, 5.41) is 0.801. The number of hydrogen-bond acceptors (Lipinski definition) is 3. The van der Waals surface area contributed by atoms with E-state index >= 15 is 0 Å². The molecule has 1 aliphatic heterocycles. The molecular formula is C24H11Cl3F3NO3. The Labute approximate surface area is 205 Å². The summed E-state index contributed by atoms with van der Waals surface area (Å²) in [6.45, 7) is 0. The van der Waals surface area contributed by atoms with Gasteiger partial charge in [-0.3, -0.25) is 14.5 Å². The minimum Gasteiger partial charge on any atom is -0.450 e. The molecule has 3 aromatic carbocycles. The molecule has 0 radical (unpaired) electrons. The number of rotatable bonds is 2. The van der Waals surface area contributed by atoms with Gasteiger partial charge in [0.25, 0.3) is 5.91 Å². The van der Waals surface area contributed by atoms with E-state index in [4.69, 9.17) is 39.2 Å². The van der Waals surface area contributed by atoms with E-state index in [2.05, 4.69) is 0 Å². The van der Waals surface area contributed by atoms with E-state index in [1.165, 1.54) is 42.5 Å². The van der Waals surface area contributed by atoms with Crippen LogP contribution in [0.4, 0.5) is 18.9 Å². The fraction of sp³-hybridized carbons (Fsp3) is 0.0833. The molecule has 2 heterocycles. The Morgan fingerprint density at radius 2 is 1.65 bits per heavy atom. The van der Waals surface area contributed by atoms with Crippen LogP contribution < -0.4 is 10.3 Å². The van der Waals surface area contributed by atoms with Gasteiger partial charge in [-0.25, -0.2) is 0 Å². The van der Waals surface area contributed by atoms with Crippen LogP contribution in [-0.4, -0.2) is 5.91 Å². The van der Waals surface area contributed by atoms with Gasteiger partial charge in [-0.15, -0.1) is 0 Å². The Kier molecular flexibility index (Phi) is 5.39. The van der Waals surface area contributed by atoms with Crippen LogP contribution >= 0.6 is 34.8 Å². The molecule has 34 heavy (non-hydrogen) atoms. The second-order valence-corrected chi connectivity index (χ2v) is 8.86. The lowest BCUT2D eigenvalue weighted by Crippen LogP contribution is -2.29. The number of carbonyl (C=O) groups is 1. The first-order valence-corrected chi connectivity index (χ1v) is 10.9. The van der Waals surface area contributed by atoms with Crippen molar-refractivity contribution in [3.63, 3.8) is 0 Å². The summed E-state index contributed by atoms with van der Waals surface area (Å²) in [5.41, 5.74) is -1.08. The highest BCUT2D eigenvalue weighted by Crippen LogP contribution is 2.43. The maximum Gasteiger partial charge on any atom is 0.416 e. The van der Waals surface area contributed by atoms with E-state index in [9.17, 15) is 22.8 Å². The van der Waals surface area contributed by atoms with Gasteiger partial charge in [-0.1, -0.05) is 46.9 Å². The molecule has 172 valence electrons. The zero-order valence-electron chi connectivity index (χ0n) is 16.8. The minimum absolute atomic E-state index is 0.0319. The number of benzene rings is 3. The summed E-state index contributed by atoms with van der Waals surface area (Å²) in [7, 11) is 0. The molecule has 1 aliphatic rings. The van der Waals surface area contributed by atoms with Gasteiger partial charge in [0, 0.05) is 10.7 Å². The number of fused-ring (bicyclic) bond motifs is 2. The van der Waals surface area contributed by atoms with Gasteiger partial charge in [-0.05, 0) is 54.1 Å². The lowest BCUT2D eigenvalue weighted by Gasteiger charge is -2.26. The molecule has 4 nitrogen and oxygen atoms in total. The zero-order valence-corrected chi connectivity index (χ0v) is 19.1. The van der Waals surface area contributed by atoms with Gasteiger partial charge in [0.15, 0.2) is 5.43 Å². The predicted octanol–water partition coefficient (Wildman–Crippen LogP) is 7.52. The van der Waals surface area contributed by atoms with Crippen LogP contribution in [-0.2, 0) is 6.18 Å². The molecule has 0 fully saturated rings. The number of carbonyl (C=O) groups excluding carboxylic acids is 1. The Balaban J connectivity index is 1.81. The number of halogens is 6. The molecule has 0 saturated heterocycles. The molecule has 10 heteroatoms. The van der Waals surface area contributed by atoms with Crippen molar-refractivity contribution < 1.29 is 22.4 Å². The summed E-state index contributed by atoms with van der Waals surface area (Å²) >= 11 is 18.3. The van der Waals surface area contributed by atoms with Crippen LogP contribution in [0.15, 0.2) is 69.9 Å². The first-order valence-electron chi connectivity index (χ1n) is 9.78. The van der Waals surface area contributed by atoms with E-state index in [-0.39, 0.29) is 43.0 Å². The van der Waals surface area contributed by atoms with Crippen LogP contribution in [0, 0.1) is 0 Å². The van der Waals surface area contributed by atoms with Crippen molar-refractivity contribution in [2.45, 2.75) is 12.2 Å². The molecule has 1 atom stereocenters. The van der Waals surface area contributed by atoms with Crippen molar-refractivity contribution in [3.05, 3.63) is 108 Å². The van der Waals surface area contributed by atoms with Gasteiger partial charge in [0.05, 0.1) is 32.6 Å². The largest absolute Gasteiger partial charge is 0.450 e. The average molecular weight is 525 g/mol. The average Bonchev–Trinajstić information content (AvgIpc) is 3.08. The Hall–Kier alpha value is -3.00. The van der Waals surface area contributed by atoms with E-state index in [1.807, 2.05) is 0 Å². The number of hydrogen-bond donors (Lipinski definition) is 0. The topological polar surface area (TPSA) is 50.5 Å². The Bertz CT molecular complexity index is 1550. The van der Waals surface area contributed by atoms with Crippen molar-refractivity contribution in [1.82, 2.24) is 0 Å². The first kappa shape index (κ1) is 22.8. The highest BCUT2D eigenvalue weighted by Gasteiger charge is 2.44. The number of alkyl halides is 3. The van der Waals surface area contributed by atoms with E-state index in [1.54, 1.807) is 6.07 Å². The van der Waals surface area contributed by atoms with Gasteiger partial charge in [0.2, 0.25) is 5.76 Å². The van der Waals surface area contributed by atoms with Gasteiger partial charge in [-0.2, -0.15) is 13.2 Å². The van der Waals surface area contributed by atoms with Crippen LogP contribution in [0.5, 0.6) is 0 Å². The molecule has 0 N–H and O–H groups in total. The van der Waals surface area contributed by atoms with Crippen molar-refractivity contribution >= 4 is 57.4 Å². The molecule has 4 aromatic rings. The molecule has 0 bridgehead atoms. The quantitative estimate of drug-likeness (QED) is 0.272. The third-order valence-electron chi connectivity index (χ3n) is 5.54. The number of amides is 1. The Morgan fingerprint density at radius 3 is 2.35 bits per heavy atom. The molecule has 0 aliphatic carbocycles. The zero-order chi connectivity index (χ0) is 24.4. The molecule has 0 saturated carbocycles. The van der Waals surface area contributed by atoms with Gasteiger partial charge >= 0.3 is 6.18 Å².